The highest BCUT2D eigenvalue weighted by Gasteiger charge is 2.17. The summed E-state index contributed by atoms with van der Waals surface area (Å²) in [4.78, 5) is 2.15. The maximum absolute atomic E-state index is 10.1. The van der Waals surface area contributed by atoms with E-state index in [0.717, 1.165) is 26.0 Å². The molecule has 1 aliphatic heterocycles. The predicted molar refractivity (Wildman–Crippen MR) is 94.0 cm³/mol. The van der Waals surface area contributed by atoms with Gasteiger partial charge in [-0.25, -0.2) is 0 Å². The number of hydrogen-bond acceptors (Lipinski definition) is 5. The molecule has 0 bridgehead atoms. The van der Waals surface area contributed by atoms with E-state index in [1.165, 1.54) is 15.6 Å². The summed E-state index contributed by atoms with van der Waals surface area (Å²) in [7, 11) is 2.04. The summed E-state index contributed by atoms with van der Waals surface area (Å²) in [6, 6.07) is 8.46. The number of fused-ring (bicyclic) bond motifs is 1. The molecule has 0 aliphatic carbocycles. The van der Waals surface area contributed by atoms with Gasteiger partial charge in [0.25, 0.3) is 0 Å². The minimum Gasteiger partial charge on any atom is -0.389 e. The number of likely N-dealkylation sites (N-methyl/N-ethyl adjacent to an activating group) is 1. The van der Waals surface area contributed by atoms with Crippen molar-refractivity contribution in [1.29, 1.82) is 0 Å². The highest BCUT2D eigenvalue weighted by molar-refractivity contribution is 7.17. The van der Waals surface area contributed by atoms with E-state index in [1.807, 2.05) is 7.05 Å². The smallest absolute Gasteiger partial charge is 0.0900 e. The van der Waals surface area contributed by atoms with Crippen LogP contribution in [0.4, 0.5) is 0 Å². The molecule has 2 aromatic rings. The first-order chi connectivity index (χ1) is 11.2. The molecule has 2 unspecified atom stereocenters. The van der Waals surface area contributed by atoms with Crippen molar-refractivity contribution in [3.63, 3.8) is 0 Å². The topological polar surface area (TPSA) is 41.9 Å². The first-order valence-electron chi connectivity index (χ1n) is 8.23. The largest absolute Gasteiger partial charge is 0.389 e. The van der Waals surface area contributed by atoms with Crippen molar-refractivity contribution in [1.82, 2.24) is 4.90 Å². The lowest BCUT2D eigenvalue weighted by atomic mass is 10.1. The van der Waals surface area contributed by atoms with Crippen molar-refractivity contribution in [2.75, 3.05) is 33.4 Å². The third kappa shape index (κ3) is 4.75. The van der Waals surface area contributed by atoms with Gasteiger partial charge in [0.2, 0.25) is 0 Å². The average molecular weight is 335 g/mol. The van der Waals surface area contributed by atoms with Crippen LogP contribution in [0.15, 0.2) is 29.6 Å². The molecule has 0 amide bonds. The third-order valence-electron chi connectivity index (χ3n) is 4.16. The number of aliphatic hydroxyl groups is 1. The zero-order chi connectivity index (χ0) is 16.1. The Morgan fingerprint density at radius 1 is 1.43 bits per heavy atom. The fourth-order valence-electron chi connectivity index (χ4n) is 3.03. The number of benzene rings is 1. The van der Waals surface area contributed by atoms with Crippen LogP contribution in [0.3, 0.4) is 0 Å². The highest BCUT2D eigenvalue weighted by Crippen LogP contribution is 2.26. The van der Waals surface area contributed by atoms with Gasteiger partial charge in [-0.1, -0.05) is 18.2 Å². The first kappa shape index (κ1) is 16.9. The van der Waals surface area contributed by atoms with Crippen LogP contribution in [0, 0.1) is 0 Å². The van der Waals surface area contributed by atoms with Gasteiger partial charge in [-0.3, -0.25) is 4.90 Å². The third-order valence-corrected chi connectivity index (χ3v) is 5.17. The second kappa shape index (κ2) is 8.22. The maximum Gasteiger partial charge on any atom is 0.0900 e. The minimum atomic E-state index is -0.466. The normalized spacial score (nSPS) is 19.7. The Kier molecular flexibility index (Phi) is 6.02. The Labute approximate surface area is 141 Å². The van der Waals surface area contributed by atoms with Crippen molar-refractivity contribution >= 4 is 21.4 Å². The predicted octanol–water partition coefficient (Wildman–Crippen LogP) is 2.89. The highest BCUT2D eigenvalue weighted by atomic mass is 32.1. The summed E-state index contributed by atoms with van der Waals surface area (Å²) in [5.74, 6) is 0. The zero-order valence-electron chi connectivity index (χ0n) is 13.6. The number of nitrogens with zero attached hydrogens (tertiary/aromatic N) is 1. The first-order valence-corrected chi connectivity index (χ1v) is 9.11. The zero-order valence-corrected chi connectivity index (χ0v) is 14.4. The van der Waals surface area contributed by atoms with Crippen LogP contribution in [0.2, 0.25) is 0 Å². The summed E-state index contributed by atoms with van der Waals surface area (Å²) in [6.07, 6.45) is 1.94. The fraction of sp³-hybridized carbons (Fsp3) is 0.556. The molecule has 2 atom stereocenters. The van der Waals surface area contributed by atoms with Gasteiger partial charge in [0.05, 0.1) is 25.4 Å². The van der Waals surface area contributed by atoms with Crippen LogP contribution in [0.25, 0.3) is 10.1 Å². The van der Waals surface area contributed by atoms with Crippen LogP contribution in [-0.2, 0) is 16.0 Å². The Balaban J connectivity index is 1.42. The number of ether oxygens (including phenoxy) is 2. The molecule has 1 aliphatic rings. The molecular weight excluding hydrogens is 310 g/mol. The van der Waals surface area contributed by atoms with Crippen molar-refractivity contribution in [3.05, 3.63) is 35.2 Å². The lowest BCUT2D eigenvalue weighted by Crippen LogP contribution is -2.32. The lowest BCUT2D eigenvalue weighted by Gasteiger charge is -2.21. The summed E-state index contributed by atoms with van der Waals surface area (Å²) in [5.41, 5.74) is 1.32. The number of hydrogen-bond donors (Lipinski definition) is 1. The number of rotatable bonds is 8. The molecule has 1 saturated heterocycles. The van der Waals surface area contributed by atoms with Crippen LogP contribution in [-0.4, -0.2) is 55.6 Å². The average Bonchev–Trinajstić information content (AvgIpc) is 3.18. The van der Waals surface area contributed by atoms with Gasteiger partial charge >= 0.3 is 0 Å². The molecule has 1 N–H and O–H groups in total. The van der Waals surface area contributed by atoms with Gasteiger partial charge < -0.3 is 14.6 Å². The van der Waals surface area contributed by atoms with E-state index in [2.05, 4.69) is 34.5 Å². The SMILES string of the molecule is CN(Cc1csc2ccccc12)CC(O)COCC1CCCO1. The van der Waals surface area contributed by atoms with Crippen LogP contribution < -0.4 is 0 Å². The van der Waals surface area contributed by atoms with E-state index in [1.54, 1.807) is 11.3 Å². The van der Waals surface area contributed by atoms with E-state index in [-0.39, 0.29) is 6.10 Å². The molecule has 1 fully saturated rings. The molecule has 5 heteroatoms. The van der Waals surface area contributed by atoms with Gasteiger partial charge in [-0.15, -0.1) is 11.3 Å². The standard InChI is InChI=1S/C18H25NO3S/c1-19(9-14-13-23-18-7-3-2-6-17(14)18)10-15(20)11-21-12-16-5-4-8-22-16/h2-3,6-7,13,15-16,20H,4-5,8-12H2,1H3. The maximum atomic E-state index is 10.1. The van der Waals surface area contributed by atoms with Gasteiger partial charge in [0, 0.05) is 24.4 Å². The van der Waals surface area contributed by atoms with Gasteiger partial charge in [-0.05, 0) is 42.3 Å². The summed E-state index contributed by atoms with van der Waals surface area (Å²) >= 11 is 1.78. The summed E-state index contributed by atoms with van der Waals surface area (Å²) in [5, 5.41) is 13.7. The van der Waals surface area contributed by atoms with E-state index in [0.29, 0.717) is 19.8 Å². The van der Waals surface area contributed by atoms with Crippen molar-refractivity contribution in [3.8, 4) is 0 Å². The van der Waals surface area contributed by atoms with Crippen molar-refractivity contribution in [2.24, 2.45) is 0 Å². The molecule has 4 nitrogen and oxygen atoms in total. The molecule has 0 spiro atoms. The Morgan fingerprint density at radius 2 is 2.30 bits per heavy atom. The second-order valence-corrected chi connectivity index (χ2v) is 7.19. The number of thiophene rings is 1. The monoisotopic (exact) mass is 335 g/mol. The lowest BCUT2D eigenvalue weighted by molar-refractivity contribution is -0.0238. The molecule has 2 heterocycles. The Bertz CT molecular complexity index is 609. The van der Waals surface area contributed by atoms with Crippen LogP contribution in [0.1, 0.15) is 18.4 Å². The van der Waals surface area contributed by atoms with Crippen LogP contribution >= 0.6 is 11.3 Å². The molecular formula is C18H25NO3S. The molecule has 0 radical (unpaired) electrons. The Morgan fingerprint density at radius 3 is 3.13 bits per heavy atom. The molecule has 0 saturated carbocycles. The molecule has 3 rings (SSSR count). The van der Waals surface area contributed by atoms with E-state index in [9.17, 15) is 5.11 Å². The quantitative estimate of drug-likeness (QED) is 0.805. The van der Waals surface area contributed by atoms with Crippen molar-refractivity contribution in [2.45, 2.75) is 31.6 Å². The molecule has 1 aromatic carbocycles. The van der Waals surface area contributed by atoms with E-state index >= 15 is 0 Å². The van der Waals surface area contributed by atoms with Gasteiger partial charge in [0.15, 0.2) is 0 Å². The molecule has 1 aromatic heterocycles. The Hall–Kier alpha value is -0.980. The van der Waals surface area contributed by atoms with Crippen molar-refractivity contribution < 1.29 is 14.6 Å². The second-order valence-electron chi connectivity index (χ2n) is 6.28. The van der Waals surface area contributed by atoms with Gasteiger partial charge in [0.1, 0.15) is 0 Å². The number of aliphatic hydroxyl groups excluding tert-OH is 1. The van der Waals surface area contributed by atoms with Crippen LogP contribution in [0.5, 0.6) is 0 Å². The molecule has 126 valence electrons. The van der Waals surface area contributed by atoms with E-state index < -0.39 is 6.10 Å². The minimum absolute atomic E-state index is 0.220. The summed E-state index contributed by atoms with van der Waals surface area (Å²) in [6.45, 7) is 3.25. The van der Waals surface area contributed by atoms with Gasteiger partial charge in [-0.2, -0.15) is 0 Å². The van der Waals surface area contributed by atoms with E-state index in [4.69, 9.17) is 9.47 Å². The molecule has 23 heavy (non-hydrogen) atoms. The fourth-order valence-corrected chi connectivity index (χ4v) is 3.99. The summed E-state index contributed by atoms with van der Waals surface area (Å²) < 4.78 is 12.4.